The molecule has 0 radical (unpaired) electrons. The fourth-order valence-corrected chi connectivity index (χ4v) is 4.54. The van der Waals surface area contributed by atoms with E-state index < -0.39 is 5.91 Å². The molecule has 1 aliphatic rings. The minimum Gasteiger partial charge on any atom is -0.369 e. The number of Topliss-reactive ketones (excluding diaryl/α,β-unsaturated/α-hetero) is 1. The summed E-state index contributed by atoms with van der Waals surface area (Å²) in [6.07, 6.45) is 3.64. The van der Waals surface area contributed by atoms with Crippen LogP contribution >= 0.6 is 0 Å². The van der Waals surface area contributed by atoms with Gasteiger partial charge in [-0.05, 0) is 68.8 Å². The van der Waals surface area contributed by atoms with Crippen molar-refractivity contribution >= 4 is 22.6 Å². The van der Waals surface area contributed by atoms with Crippen molar-refractivity contribution in [2.45, 2.75) is 32.6 Å². The van der Waals surface area contributed by atoms with E-state index in [1.54, 1.807) is 12.1 Å². The van der Waals surface area contributed by atoms with Crippen LogP contribution in [0, 0.1) is 18.3 Å². The van der Waals surface area contributed by atoms with Gasteiger partial charge < -0.3 is 10.3 Å². The third kappa shape index (κ3) is 4.23. The number of likely N-dealkylation sites (tertiary alicyclic amines) is 1. The topological polar surface area (TPSA) is 92.1 Å². The molecule has 31 heavy (non-hydrogen) atoms. The molecule has 6 heteroatoms. The lowest BCUT2D eigenvalue weighted by molar-refractivity contribution is -0.117. The number of carbonyl (C=O) groups is 2. The van der Waals surface area contributed by atoms with E-state index in [1.807, 2.05) is 41.8 Å². The Kier molecular flexibility index (Phi) is 5.88. The molecule has 1 fully saturated rings. The minimum atomic E-state index is -0.394. The summed E-state index contributed by atoms with van der Waals surface area (Å²) in [6.45, 7) is 4.29. The number of primary amides is 1. The molecule has 1 amide bonds. The Balaban J connectivity index is 1.83. The van der Waals surface area contributed by atoms with Crippen LogP contribution in [0.4, 0.5) is 0 Å². The van der Waals surface area contributed by atoms with Gasteiger partial charge in [0.1, 0.15) is 0 Å². The molecule has 4 rings (SSSR count). The predicted octanol–water partition coefficient (Wildman–Crippen LogP) is 3.51. The molecule has 3 aromatic rings. The first-order valence-corrected chi connectivity index (χ1v) is 10.7. The first-order chi connectivity index (χ1) is 15.0. The number of hydrogen-bond donors (Lipinski definition) is 1. The number of amides is 1. The molecule has 0 bridgehead atoms. The van der Waals surface area contributed by atoms with Gasteiger partial charge in [0.2, 0.25) is 5.91 Å². The van der Waals surface area contributed by atoms with Crippen molar-refractivity contribution in [2.75, 3.05) is 19.6 Å². The largest absolute Gasteiger partial charge is 0.369 e. The fraction of sp³-hybridized carbons (Fsp3) is 0.320. The van der Waals surface area contributed by atoms with Crippen LogP contribution in [0.5, 0.6) is 0 Å². The number of nitrogens with two attached hydrogens (primary N) is 1. The van der Waals surface area contributed by atoms with Crippen molar-refractivity contribution in [1.29, 1.82) is 5.26 Å². The van der Waals surface area contributed by atoms with Gasteiger partial charge >= 0.3 is 0 Å². The molecule has 0 spiro atoms. The molecule has 1 aliphatic heterocycles. The van der Waals surface area contributed by atoms with E-state index in [9.17, 15) is 9.59 Å². The molecule has 0 atom stereocenters. The maximum absolute atomic E-state index is 13.4. The second-order valence-corrected chi connectivity index (χ2v) is 8.21. The van der Waals surface area contributed by atoms with Crippen LogP contribution in [0.1, 0.15) is 46.4 Å². The van der Waals surface area contributed by atoms with Crippen molar-refractivity contribution in [3.8, 4) is 11.8 Å². The number of ketones is 1. The lowest BCUT2D eigenvalue weighted by atomic mass is 10.0. The zero-order valence-corrected chi connectivity index (χ0v) is 17.7. The quantitative estimate of drug-likeness (QED) is 0.625. The van der Waals surface area contributed by atoms with E-state index >= 15 is 0 Å². The van der Waals surface area contributed by atoms with Crippen LogP contribution < -0.4 is 5.73 Å². The summed E-state index contributed by atoms with van der Waals surface area (Å²) in [5.41, 5.74) is 10.1. The number of nitrogens with zero attached hydrogens (tertiary/aromatic N) is 3. The summed E-state index contributed by atoms with van der Waals surface area (Å²) in [7, 11) is 0. The van der Waals surface area contributed by atoms with E-state index in [1.165, 1.54) is 6.42 Å². The molecule has 2 heterocycles. The number of fused-ring (bicyclic) bond motifs is 1. The van der Waals surface area contributed by atoms with Crippen LogP contribution in [0.2, 0.25) is 0 Å². The van der Waals surface area contributed by atoms with Crippen molar-refractivity contribution in [3.05, 3.63) is 64.8 Å². The average molecular weight is 415 g/mol. The Morgan fingerprint density at radius 2 is 1.77 bits per heavy atom. The van der Waals surface area contributed by atoms with Gasteiger partial charge in [0.05, 0.1) is 30.1 Å². The van der Waals surface area contributed by atoms with Gasteiger partial charge in [0, 0.05) is 22.3 Å². The van der Waals surface area contributed by atoms with Crippen LogP contribution in [0.25, 0.3) is 16.6 Å². The van der Waals surface area contributed by atoms with Gasteiger partial charge in [0.15, 0.2) is 5.78 Å². The van der Waals surface area contributed by atoms with Gasteiger partial charge in [-0.15, -0.1) is 0 Å². The average Bonchev–Trinajstić information content (AvgIpc) is 3.05. The number of hydrogen-bond acceptors (Lipinski definition) is 4. The van der Waals surface area contributed by atoms with E-state index in [4.69, 9.17) is 11.0 Å². The van der Waals surface area contributed by atoms with E-state index in [0.717, 1.165) is 59.3 Å². The smallest absolute Gasteiger partial charge is 0.221 e. The SMILES string of the molecule is Cc1c(C(=O)CN2CCCCC2)c2ccc(CC(N)=O)cc2n1-c1ccc(C#N)cc1. The Morgan fingerprint density at radius 3 is 2.42 bits per heavy atom. The van der Waals surface area contributed by atoms with Crippen molar-refractivity contribution in [3.63, 3.8) is 0 Å². The Labute approximate surface area is 181 Å². The number of aromatic nitrogens is 1. The molecule has 0 saturated carbocycles. The van der Waals surface area contributed by atoms with Crippen LogP contribution in [0.3, 0.4) is 0 Å². The summed E-state index contributed by atoms with van der Waals surface area (Å²) >= 11 is 0. The zero-order chi connectivity index (χ0) is 22.0. The Hall–Kier alpha value is -3.43. The maximum atomic E-state index is 13.4. The Morgan fingerprint density at radius 1 is 1.06 bits per heavy atom. The highest BCUT2D eigenvalue weighted by Crippen LogP contribution is 2.31. The highest BCUT2D eigenvalue weighted by Gasteiger charge is 2.23. The first kappa shape index (κ1) is 20.8. The summed E-state index contributed by atoms with van der Waals surface area (Å²) < 4.78 is 2.03. The molecule has 6 nitrogen and oxygen atoms in total. The fourth-order valence-electron chi connectivity index (χ4n) is 4.54. The van der Waals surface area contributed by atoms with Crippen LogP contribution in [-0.2, 0) is 11.2 Å². The normalized spacial score (nSPS) is 14.5. The number of benzene rings is 2. The molecule has 158 valence electrons. The summed E-state index contributed by atoms with van der Waals surface area (Å²) in [4.78, 5) is 27.1. The number of carbonyl (C=O) groups excluding carboxylic acids is 2. The molecule has 0 aliphatic carbocycles. The van der Waals surface area contributed by atoms with E-state index in [2.05, 4.69) is 11.0 Å². The molecular formula is C25H26N4O2. The van der Waals surface area contributed by atoms with Crippen molar-refractivity contribution in [2.24, 2.45) is 5.73 Å². The number of rotatable bonds is 6. The van der Waals surface area contributed by atoms with E-state index in [-0.39, 0.29) is 12.2 Å². The van der Waals surface area contributed by atoms with Crippen molar-refractivity contribution in [1.82, 2.24) is 9.47 Å². The highest BCUT2D eigenvalue weighted by atomic mass is 16.1. The molecular weight excluding hydrogens is 388 g/mol. The first-order valence-electron chi connectivity index (χ1n) is 10.7. The van der Waals surface area contributed by atoms with Crippen LogP contribution in [-0.4, -0.2) is 40.8 Å². The van der Waals surface area contributed by atoms with Gasteiger partial charge in [0.25, 0.3) is 0 Å². The van der Waals surface area contributed by atoms with Gasteiger partial charge in [-0.25, -0.2) is 0 Å². The molecule has 1 saturated heterocycles. The molecule has 2 aromatic carbocycles. The molecule has 1 aromatic heterocycles. The third-order valence-corrected chi connectivity index (χ3v) is 6.00. The zero-order valence-electron chi connectivity index (χ0n) is 17.7. The number of nitriles is 1. The maximum Gasteiger partial charge on any atom is 0.221 e. The standard InChI is InChI=1S/C25H26N4O2/c1-17-25(23(30)16-28-11-3-2-4-12-28)21-10-7-19(14-24(27)31)13-22(21)29(17)20-8-5-18(15-26)6-9-20/h5-10,13H,2-4,11-12,14,16H2,1H3,(H2,27,31). The van der Waals surface area contributed by atoms with Crippen molar-refractivity contribution < 1.29 is 9.59 Å². The molecule has 2 N–H and O–H groups in total. The summed E-state index contributed by atoms with van der Waals surface area (Å²) in [5.74, 6) is -0.284. The third-order valence-electron chi connectivity index (χ3n) is 6.00. The van der Waals surface area contributed by atoms with Gasteiger partial charge in [-0.2, -0.15) is 5.26 Å². The van der Waals surface area contributed by atoms with Gasteiger partial charge in [-0.1, -0.05) is 18.6 Å². The molecule has 0 unspecified atom stereocenters. The second-order valence-electron chi connectivity index (χ2n) is 8.21. The monoisotopic (exact) mass is 414 g/mol. The Bertz CT molecular complexity index is 1180. The number of piperidine rings is 1. The van der Waals surface area contributed by atoms with E-state index in [0.29, 0.717) is 12.1 Å². The van der Waals surface area contributed by atoms with Gasteiger partial charge in [-0.3, -0.25) is 14.5 Å². The summed E-state index contributed by atoms with van der Waals surface area (Å²) in [5, 5.41) is 10.0. The van der Waals surface area contributed by atoms with Crippen LogP contribution in [0.15, 0.2) is 42.5 Å². The highest BCUT2D eigenvalue weighted by molar-refractivity contribution is 6.11. The lowest BCUT2D eigenvalue weighted by Crippen LogP contribution is -2.34. The second kappa shape index (κ2) is 8.75. The summed E-state index contributed by atoms with van der Waals surface area (Å²) in [6, 6.07) is 15.2. The minimum absolute atomic E-state index is 0.111. The lowest BCUT2D eigenvalue weighted by Gasteiger charge is -2.25. The predicted molar refractivity (Wildman–Crippen MR) is 120 cm³/mol.